The van der Waals surface area contributed by atoms with E-state index < -0.39 is 0 Å². The van der Waals surface area contributed by atoms with Gasteiger partial charge in [0.15, 0.2) is 0 Å². The van der Waals surface area contributed by atoms with Crippen LogP contribution in [-0.4, -0.2) is 40.4 Å². The van der Waals surface area contributed by atoms with Crippen LogP contribution in [0.5, 0.6) is 0 Å². The smallest absolute Gasteiger partial charge is 0.272 e. The molecule has 2 amide bonds. The summed E-state index contributed by atoms with van der Waals surface area (Å²) in [7, 11) is 0. The van der Waals surface area contributed by atoms with Gasteiger partial charge in [0.1, 0.15) is 17.9 Å². The molecule has 6 atom stereocenters. The molecule has 4 aliphatic heterocycles. The quantitative estimate of drug-likeness (QED) is 0.555. The predicted octanol–water partition coefficient (Wildman–Crippen LogP) is 5.60. The molecule has 0 radical (unpaired) electrons. The van der Waals surface area contributed by atoms with Crippen molar-refractivity contribution in [3.05, 3.63) is 53.8 Å². The zero-order valence-electron chi connectivity index (χ0n) is 22.0. The van der Waals surface area contributed by atoms with Crippen molar-refractivity contribution in [1.29, 1.82) is 0 Å². The predicted molar refractivity (Wildman–Crippen MR) is 141 cm³/mol. The molecule has 1 N–H and O–H groups in total. The molecular weight excluding hydrogens is 446 g/mol. The van der Waals surface area contributed by atoms with Crippen molar-refractivity contribution in [2.45, 2.75) is 89.8 Å². The first-order valence-corrected chi connectivity index (χ1v) is 14.1. The van der Waals surface area contributed by atoms with Gasteiger partial charge >= 0.3 is 0 Å². The van der Waals surface area contributed by atoms with Crippen molar-refractivity contribution in [3.63, 3.8) is 0 Å². The van der Waals surface area contributed by atoms with Crippen molar-refractivity contribution in [2.75, 3.05) is 11.9 Å². The third kappa shape index (κ3) is 2.72. The van der Waals surface area contributed by atoms with Gasteiger partial charge in [-0.25, -0.2) is 0 Å². The number of carbonyl (C=O) groups excluding carboxylic acids is 2. The fraction of sp³-hybridized carbons (Fsp3) is 0.613. The lowest BCUT2D eigenvalue weighted by atomic mass is 9.46. The van der Waals surface area contributed by atoms with Gasteiger partial charge in [-0.05, 0) is 79.2 Å². The maximum Gasteiger partial charge on any atom is 0.272 e. The Hall–Kier alpha value is -2.56. The molecule has 36 heavy (non-hydrogen) atoms. The van der Waals surface area contributed by atoms with Gasteiger partial charge in [-0.3, -0.25) is 9.59 Å². The van der Waals surface area contributed by atoms with E-state index in [1.165, 1.54) is 36.8 Å². The first-order chi connectivity index (χ1) is 17.2. The molecule has 2 saturated heterocycles. The summed E-state index contributed by atoms with van der Waals surface area (Å²) in [6, 6.07) is 8.19. The Balaban J connectivity index is 1.34. The zero-order valence-corrected chi connectivity index (χ0v) is 22.0. The van der Waals surface area contributed by atoms with E-state index in [2.05, 4.69) is 56.9 Å². The number of rotatable bonds is 2. The van der Waals surface area contributed by atoms with E-state index in [-0.39, 0.29) is 34.9 Å². The standard InChI is InChI=1S/C31H39N3O2/c1-19-12-13-25-29(2,3)14-8-15-30(25,4)21(19)17-31-18-24-26(35)33-16-7-11-23(33)27(36)34(24)28(31)32-22-10-6-5-9-20(22)31/h5-6,9-11,21,24-25,28,32H,1,7-8,12-18H2,2-4H3/t21-,24-,25-,28-,30+,31-/m0/s1. The number of carbonyl (C=O) groups is 2. The fourth-order valence-corrected chi connectivity index (χ4v) is 9.75. The Morgan fingerprint density at radius 1 is 1.14 bits per heavy atom. The van der Waals surface area contributed by atoms with Crippen LogP contribution in [0, 0.1) is 22.7 Å². The molecule has 1 aromatic carbocycles. The fourth-order valence-electron chi connectivity index (χ4n) is 9.75. The van der Waals surface area contributed by atoms with Crippen molar-refractivity contribution >= 4 is 17.5 Å². The highest BCUT2D eigenvalue weighted by Crippen LogP contribution is 2.65. The summed E-state index contributed by atoms with van der Waals surface area (Å²) in [4.78, 5) is 31.2. The average Bonchev–Trinajstić information content (AvgIpc) is 3.52. The van der Waals surface area contributed by atoms with Crippen LogP contribution in [0.25, 0.3) is 0 Å². The lowest BCUT2D eigenvalue weighted by Gasteiger charge is -2.59. The molecule has 4 fully saturated rings. The summed E-state index contributed by atoms with van der Waals surface area (Å²) in [5.74, 6) is 1.19. The summed E-state index contributed by atoms with van der Waals surface area (Å²) in [5.41, 5.74) is 4.64. The van der Waals surface area contributed by atoms with Crippen molar-refractivity contribution < 1.29 is 9.59 Å². The zero-order chi connectivity index (χ0) is 25.0. The van der Waals surface area contributed by atoms with Gasteiger partial charge in [-0.1, -0.05) is 63.6 Å². The van der Waals surface area contributed by atoms with E-state index >= 15 is 0 Å². The minimum absolute atomic E-state index is 0.0228. The van der Waals surface area contributed by atoms with Crippen LogP contribution in [0.15, 0.2) is 48.2 Å². The van der Waals surface area contributed by atoms with Gasteiger partial charge < -0.3 is 15.1 Å². The largest absolute Gasteiger partial charge is 0.364 e. The van der Waals surface area contributed by atoms with E-state index in [9.17, 15) is 9.59 Å². The Labute approximate surface area is 215 Å². The Morgan fingerprint density at radius 3 is 2.78 bits per heavy atom. The molecule has 190 valence electrons. The number of anilines is 1. The number of piperazine rings is 1. The van der Waals surface area contributed by atoms with E-state index in [0.29, 0.717) is 35.9 Å². The number of hydrogen-bond donors (Lipinski definition) is 1. The average molecular weight is 486 g/mol. The second-order valence-electron chi connectivity index (χ2n) is 13.4. The molecule has 6 aliphatic rings. The van der Waals surface area contributed by atoms with Crippen LogP contribution in [0.1, 0.15) is 77.7 Å². The highest BCUT2D eigenvalue weighted by Gasteiger charge is 2.65. The van der Waals surface area contributed by atoms with Crippen LogP contribution >= 0.6 is 0 Å². The van der Waals surface area contributed by atoms with Gasteiger partial charge in [-0.15, -0.1) is 0 Å². The monoisotopic (exact) mass is 485 g/mol. The minimum atomic E-state index is -0.387. The van der Waals surface area contributed by atoms with Crippen LogP contribution < -0.4 is 5.32 Å². The number of nitrogens with one attached hydrogen (secondary N) is 1. The van der Waals surface area contributed by atoms with Gasteiger partial charge in [0.2, 0.25) is 5.91 Å². The summed E-state index contributed by atoms with van der Waals surface area (Å²) >= 11 is 0. The van der Waals surface area contributed by atoms with E-state index in [4.69, 9.17) is 0 Å². The molecule has 5 nitrogen and oxygen atoms in total. The summed E-state index contributed by atoms with van der Waals surface area (Å²) in [5, 5.41) is 3.75. The number of hydrogen-bond acceptors (Lipinski definition) is 3. The number of nitrogens with zero attached hydrogens (tertiary/aromatic N) is 2. The Kier molecular flexibility index (Phi) is 4.56. The topological polar surface area (TPSA) is 52.7 Å². The number of amides is 2. The van der Waals surface area contributed by atoms with Crippen molar-refractivity contribution in [1.82, 2.24) is 9.80 Å². The molecule has 1 aromatic rings. The lowest BCUT2D eigenvalue weighted by molar-refractivity contribution is -0.149. The Bertz CT molecular complexity index is 1220. The van der Waals surface area contributed by atoms with Crippen LogP contribution in [-0.2, 0) is 15.0 Å². The van der Waals surface area contributed by atoms with E-state index in [1.54, 1.807) is 4.90 Å². The number of allylic oxidation sites excluding steroid dienone is 1. The Morgan fingerprint density at radius 2 is 1.94 bits per heavy atom. The maximum atomic E-state index is 13.8. The first kappa shape index (κ1) is 22.6. The molecular formula is C31H39N3O2. The molecule has 2 aliphatic carbocycles. The number of para-hydroxylation sites is 1. The second-order valence-corrected chi connectivity index (χ2v) is 13.4. The van der Waals surface area contributed by atoms with Crippen LogP contribution in [0.3, 0.4) is 0 Å². The molecule has 7 rings (SSSR count). The van der Waals surface area contributed by atoms with Gasteiger partial charge in [0, 0.05) is 17.6 Å². The van der Waals surface area contributed by atoms with E-state index in [1.807, 2.05) is 11.0 Å². The highest BCUT2D eigenvalue weighted by molar-refractivity contribution is 6.06. The molecule has 2 saturated carbocycles. The first-order valence-electron chi connectivity index (χ1n) is 14.1. The van der Waals surface area contributed by atoms with Crippen molar-refractivity contribution in [2.24, 2.45) is 22.7 Å². The number of fused-ring (bicyclic) bond motifs is 7. The SMILES string of the molecule is C=C1CC[C@H]2C(C)(C)CCC[C@]2(C)[C@H]1C[C@@]12C[C@H]3C(=O)N4CCC=C4C(=O)N3[C@@H]1Nc1ccccc12. The normalized spacial score (nSPS) is 40.2. The maximum absolute atomic E-state index is 13.8. The molecule has 0 unspecified atom stereocenters. The van der Waals surface area contributed by atoms with Gasteiger partial charge in [0.05, 0.1) is 0 Å². The molecule has 4 heterocycles. The third-order valence-corrected chi connectivity index (χ3v) is 11.3. The molecule has 0 aromatic heterocycles. The highest BCUT2D eigenvalue weighted by atomic mass is 16.2. The minimum Gasteiger partial charge on any atom is -0.364 e. The van der Waals surface area contributed by atoms with Crippen LogP contribution in [0.2, 0.25) is 0 Å². The lowest BCUT2D eigenvalue weighted by Crippen LogP contribution is -2.58. The van der Waals surface area contributed by atoms with Crippen LogP contribution in [0.4, 0.5) is 5.69 Å². The van der Waals surface area contributed by atoms with Gasteiger partial charge in [0.25, 0.3) is 5.91 Å². The van der Waals surface area contributed by atoms with Gasteiger partial charge in [-0.2, -0.15) is 0 Å². The second kappa shape index (κ2) is 7.26. The summed E-state index contributed by atoms with van der Waals surface area (Å²) < 4.78 is 0. The summed E-state index contributed by atoms with van der Waals surface area (Å²) in [6.07, 6.45) is 10.3. The third-order valence-electron chi connectivity index (χ3n) is 11.3. The molecule has 0 bridgehead atoms. The van der Waals surface area contributed by atoms with E-state index in [0.717, 1.165) is 24.9 Å². The molecule has 0 spiro atoms. The number of benzene rings is 1. The molecule has 5 heteroatoms. The van der Waals surface area contributed by atoms with Crippen molar-refractivity contribution in [3.8, 4) is 0 Å². The summed E-state index contributed by atoms with van der Waals surface area (Å²) in [6.45, 7) is 12.8.